The third-order valence-corrected chi connectivity index (χ3v) is 4.82. The van der Waals surface area contributed by atoms with Crippen molar-refractivity contribution in [2.75, 3.05) is 19.4 Å². The van der Waals surface area contributed by atoms with E-state index >= 15 is 0 Å². The number of carbonyl (C=O) groups excluding carboxylic acids is 1. The Morgan fingerprint density at radius 2 is 2.18 bits per heavy atom. The summed E-state index contributed by atoms with van der Waals surface area (Å²) in [5, 5.41) is 12.7. The van der Waals surface area contributed by atoms with Crippen LogP contribution in [0, 0.1) is 0 Å². The molecule has 98 valence electrons. The highest BCUT2D eigenvalue weighted by molar-refractivity contribution is 7.99. The summed E-state index contributed by atoms with van der Waals surface area (Å²) in [5.41, 5.74) is 0. The number of carbonyl (C=O) groups is 1. The molecule has 17 heavy (non-hydrogen) atoms. The minimum atomic E-state index is 0.0208. The summed E-state index contributed by atoms with van der Waals surface area (Å²) < 4.78 is 0. The Morgan fingerprint density at radius 1 is 1.41 bits per heavy atom. The maximum absolute atomic E-state index is 12.1. The summed E-state index contributed by atoms with van der Waals surface area (Å²) in [7, 11) is 0. The molecule has 2 atom stereocenters. The number of aliphatic hydroxyl groups is 1. The molecule has 2 saturated carbocycles. The number of rotatable bonds is 5. The number of amides is 2. The Kier molecular flexibility index (Phi) is 4.56. The largest absolute Gasteiger partial charge is 0.395 e. The van der Waals surface area contributed by atoms with Gasteiger partial charge in [-0.15, -0.1) is 0 Å². The second-order valence-corrected chi connectivity index (χ2v) is 5.99. The zero-order chi connectivity index (χ0) is 12.3. The van der Waals surface area contributed by atoms with Gasteiger partial charge in [0.15, 0.2) is 0 Å². The number of aliphatic hydroxyl groups excluding tert-OH is 1. The van der Waals surface area contributed by atoms with Gasteiger partial charge in [-0.1, -0.05) is 6.42 Å². The first-order chi connectivity index (χ1) is 8.26. The predicted molar refractivity (Wildman–Crippen MR) is 70.3 cm³/mol. The van der Waals surface area contributed by atoms with Gasteiger partial charge in [-0.2, -0.15) is 11.8 Å². The number of nitrogens with one attached hydrogen (secondary N) is 1. The highest BCUT2D eigenvalue weighted by atomic mass is 32.2. The van der Waals surface area contributed by atoms with Crippen LogP contribution in [0.15, 0.2) is 0 Å². The molecule has 2 aliphatic carbocycles. The van der Waals surface area contributed by atoms with Gasteiger partial charge in [0.1, 0.15) is 0 Å². The van der Waals surface area contributed by atoms with Crippen molar-refractivity contribution >= 4 is 17.8 Å². The van der Waals surface area contributed by atoms with E-state index in [1.807, 2.05) is 11.8 Å². The van der Waals surface area contributed by atoms with E-state index in [0.717, 1.165) is 19.3 Å². The molecule has 0 radical (unpaired) electrons. The summed E-state index contributed by atoms with van der Waals surface area (Å²) >= 11 is 1.85. The smallest absolute Gasteiger partial charge is 0.317 e. The molecule has 0 spiro atoms. The van der Waals surface area contributed by atoms with Crippen molar-refractivity contribution in [3.8, 4) is 0 Å². The fraction of sp³-hybridized carbons (Fsp3) is 0.917. The molecule has 0 aromatic heterocycles. The van der Waals surface area contributed by atoms with Crippen LogP contribution in [0.5, 0.6) is 0 Å². The Morgan fingerprint density at radius 3 is 2.76 bits per heavy atom. The van der Waals surface area contributed by atoms with Crippen molar-refractivity contribution < 1.29 is 9.90 Å². The van der Waals surface area contributed by atoms with Crippen LogP contribution in [-0.4, -0.2) is 52.8 Å². The zero-order valence-electron chi connectivity index (χ0n) is 10.4. The van der Waals surface area contributed by atoms with Crippen LogP contribution in [0.4, 0.5) is 4.79 Å². The molecule has 0 unspecified atom stereocenters. The van der Waals surface area contributed by atoms with Crippen LogP contribution < -0.4 is 5.32 Å². The van der Waals surface area contributed by atoms with Gasteiger partial charge in [0.25, 0.3) is 0 Å². The predicted octanol–water partition coefficient (Wildman–Crippen LogP) is 1.44. The summed E-state index contributed by atoms with van der Waals surface area (Å²) in [6.07, 6.45) is 7.79. The minimum Gasteiger partial charge on any atom is -0.395 e. The van der Waals surface area contributed by atoms with Crippen LogP contribution >= 0.6 is 11.8 Å². The fourth-order valence-electron chi connectivity index (χ4n) is 2.56. The minimum absolute atomic E-state index is 0.0208. The maximum atomic E-state index is 12.1. The number of hydrogen-bond acceptors (Lipinski definition) is 3. The standard InChI is InChI=1S/C12H22N2O2S/c1-17-11-4-2-3-10(11)13-12(16)14(7-8-15)9-5-6-9/h9-11,15H,2-8H2,1H3,(H,13,16)/t10-,11+/m1/s1. The van der Waals surface area contributed by atoms with E-state index in [2.05, 4.69) is 11.6 Å². The molecule has 5 heteroatoms. The Hall–Kier alpha value is -0.420. The summed E-state index contributed by atoms with van der Waals surface area (Å²) in [5.74, 6) is 0. The molecule has 2 fully saturated rings. The molecular weight excluding hydrogens is 236 g/mol. The van der Waals surface area contributed by atoms with Crippen LogP contribution in [0.3, 0.4) is 0 Å². The first kappa shape index (κ1) is 13.0. The highest BCUT2D eigenvalue weighted by Crippen LogP contribution is 2.30. The van der Waals surface area contributed by atoms with E-state index < -0.39 is 0 Å². The van der Waals surface area contributed by atoms with E-state index in [9.17, 15) is 4.79 Å². The number of hydrogen-bond donors (Lipinski definition) is 2. The van der Waals surface area contributed by atoms with Crippen molar-refractivity contribution in [3.05, 3.63) is 0 Å². The Labute approximate surface area is 107 Å². The van der Waals surface area contributed by atoms with Crippen molar-refractivity contribution in [1.82, 2.24) is 10.2 Å². The first-order valence-electron chi connectivity index (χ1n) is 6.47. The number of nitrogens with zero attached hydrogens (tertiary/aromatic N) is 1. The molecule has 2 amide bonds. The van der Waals surface area contributed by atoms with Gasteiger partial charge in [-0.3, -0.25) is 0 Å². The molecule has 0 aliphatic heterocycles. The third kappa shape index (κ3) is 3.28. The monoisotopic (exact) mass is 258 g/mol. The van der Waals surface area contributed by atoms with Crippen molar-refractivity contribution in [1.29, 1.82) is 0 Å². The zero-order valence-corrected chi connectivity index (χ0v) is 11.2. The van der Waals surface area contributed by atoms with Crippen LogP contribution in [0.25, 0.3) is 0 Å². The number of thioether (sulfide) groups is 1. The van der Waals surface area contributed by atoms with Crippen molar-refractivity contribution in [2.45, 2.75) is 49.4 Å². The molecule has 0 aromatic carbocycles. The van der Waals surface area contributed by atoms with E-state index in [1.54, 1.807) is 4.90 Å². The number of urea groups is 1. The summed E-state index contributed by atoms with van der Waals surface area (Å²) in [4.78, 5) is 13.9. The lowest BCUT2D eigenvalue weighted by Crippen LogP contribution is -2.48. The normalized spacial score (nSPS) is 28.1. The average Bonchev–Trinajstić information content (AvgIpc) is 3.06. The van der Waals surface area contributed by atoms with Gasteiger partial charge >= 0.3 is 6.03 Å². The lowest BCUT2D eigenvalue weighted by atomic mass is 10.2. The van der Waals surface area contributed by atoms with Gasteiger partial charge in [-0.05, 0) is 31.9 Å². The van der Waals surface area contributed by atoms with Crippen LogP contribution in [-0.2, 0) is 0 Å². The van der Waals surface area contributed by atoms with Crippen LogP contribution in [0.1, 0.15) is 32.1 Å². The van der Waals surface area contributed by atoms with E-state index in [-0.39, 0.29) is 12.6 Å². The topological polar surface area (TPSA) is 52.6 Å². The average molecular weight is 258 g/mol. The third-order valence-electron chi connectivity index (χ3n) is 3.65. The molecule has 4 nitrogen and oxygen atoms in total. The lowest BCUT2D eigenvalue weighted by molar-refractivity contribution is 0.171. The summed E-state index contributed by atoms with van der Waals surface area (Å²) in [6, 6.07) is 0.709. The maximum Gasteiger partial charge on any atom is 0.317 e. The molecule has 2 aliphatic rings. The van der Waals surface area contributed by atoms with Crippen molar-refractivity contribution in [3.63, 3.8) is 0 Å². The van der Waals surface area contributed by atoms with Gasteiger partial charge in [0.2, 0.25) is 0 Å². The Bertz CT molecular complexity index is 271. The first-order valence-corrected chi connectivity index (χ1v) is 7.76. The molecule has 0 aromatic rings. The van der Waals surface area contributed by atoms with Gasteiger partial charge in [0, 0.05) is 23.9 Å². The molecule has 0 heterocycles. The lowest BCUT2D eigenvalue weighted by Gasteiger charge is -2.26. The molecule has 0 saturated heterocycles. The van der Waals surface area contributed by atoms with Gasteiger partial charge in [-0.25, -0.2) is 4.79 Å². The molecular formula is C12H22N2O2S. The van der Waals surface area contributed by atoms with E-state index in [4.69, 9.17) is 5.11 Å². The van der Waals surface area contributed by atoms with E-state index in [1.165, 1.54) is 12.8 Å². The molecule has 0 bridgehead atoms. The summed E-state index contributed by atoms with van der Waals surface area (Å²) in [6.45, 7) is 0.522. The van der Waals surface area contributed by atoms with Gasteiger partial charge in [0.05, 0.1) is 6.61 Å². The SMILES string of the molecule is CS[C@H]1CCC[C@H]1NC(=O)N(CCO)C1CC1. The highest BCUT2D eigenvalue weighted by Gasteiger charge is 2.35. The quantitative estimate of drug-likeness (QED) is 0.784. The molecule has 2 rings (SSSR count). The van der Waals surface area contributed by atoms with Gasteiger partial charge < -0.3 is 15.3 Å². The second kappa shape index (κ2) is 5.96. The van der Waals surface area contributed by atoms with E-state index in [0.29, 0.717) is 23.9 Å². The van der Waals surface area contributed by atoms with Crippen LogP contribution in [0.2, 0.25) is 0 Å². The molecule has 2 N–H and O–H groups in total. The van der Waals surface area contributed by atoms with Crippen molar-refractivity contribution in [2.24, 2.45) is 0 Å². The Balaban J connectivity index is 1.85. The fourth-order valence-corrected chi connectivity index (χ4v) is 3.49. The second-order valence-electron chi connectivity index (χ2n) is 4.91.